The van der Waals surface area contributed by atoms with E-state index in [1.165, 1.54) is 87.1 Å². The fraction of sp³-hybridized carbons (Fsp3) is 0.548. The molecule has 4 aromatic rings. The number of rotatable bonds is 40. The predicted octanol–water partition coefficient (Wildman–Crippen LogP) is 16.4. The van der Waals surface area contributed by atoms with Crippen molar-refractivity contribution in [1.29, 1.82) is 0 Å². The molecule has 4 aromatic carbocycles. The minimum Gasteiger partial charge on any atom is -0.459 e. The maximum atomic E-state index is 12.6. The van der Waals surface area contributed by atoms with Gasteiger partial charge < -0.3 is 30.4 Å². The SMILES string of the molecule is CCCCCC[C@H](CCCCCCCCCCC(=O)Oc1ccc(N)cc1)OC(=O)c1ccc(N)cc1.CCCCCC[C@H](CCCCCCCCCCC(=O)Oc1ccc([N+](=O)[O-])cc1)OC(=O)c1ccc([N+](=O)[O-])cc1. The van der Waals surface area contributed by atoms with Crippen molar-refractivity contribution in [2.75, 3.05) is 11.5 Å². The molecule has 0 amide bonds. The monoisotopic (exact) mass is 1080 g/mol. The topological polar surface area (TPSA) is 244 Å². The van der Waals surface area contributed by atoms with Crippen LogP contribution < -0.4 is 20.9 Å². The van der Waals surface area contributed by atoms with Crippen LogP contribution in [-0.2, 0) is 19.1 Å². The van der Waals surface area contributed by atoms with Crippen molar-refractivity contribution in [3.05, 3.63) is 128 Å². The second kappa shape index (κ2) is 40.4. The number of esters is 4. The number of nitrogens with zero attached hydrogens (tertiary/aromatic N) is 2. The van der Waals surface area contributed by atoms with Gasteiger partial charge >= 0.3 is 23.9 Å². The fourth-order valence-electron chi connectivity index (χ4n) is 8.84. The van der Waals surface area contributed by atoms with E-state index < -0.39 is 15.8 Å². The average Bonchev–Trinajstić information content (AvgIpc) is 3.42. The number of hydrogen-bond donors (Lipinski definition) is 2. The molecule has 0 fully saturated rings. The maximum Gasteiger partial charge on any atom is 0.338 e. The molecule has 0 radical (unpaired) electrons. The molecule has 0 aliphatic heterocycles. The van der Waals surface area contributed by atoms with Gasteiger partial charge in [-0.25, -0.2) is 9.59 Å². The summed E-state index contributed by atoms with van der Waals surface area (Å²) in [5, 5.41) is 21.5. The summed E-state index contributed by atoms with van der Waals surface area (Å²) in [6.07, 6.45) is 30.1. The number of benzene rings is 4. The van der Waals surface area contributed by atoms with Crippen LogP contribution in [0.1, 0.15) is 227 Å². The first kappa shape index (κ1) is 65.4. The van der Waals surface area contributed by atoms with E-state index in [4.69, 9.17) is 30.4 Å². The van der Waals surface area contributed by atoms with E-state index in [1.807, 2.05) is 0 Å². The Morgan fingerprint density at radius 1 is 0.397 bits per heavy atom. The summed E-state index contributed by atoms with van der Waals surface area (Å²) in [6, 6.07) is 24.8. The molecule has 0 saturated carbocycles. The standard InChI is InChI=1S/C31H42N2O8.C31H46N2O4/c1-2-3-4-11-14-28(41-31(35)25-17-19-26(20-18-25)32(36)37)15-12-9-7-5-6-8-10-13-16-30(34)40-29-23-21-27(22-24-29)33(38)39;1-2-3-4-11-14-28(37-31(35)25-17-19-26(32)20-18-25)15-12-9-7-5-6-8-10-13-16-30(34)36-29-23-21-27(33)22-24-29/h17-24,28H,2-16H2,1H3;17-24,28H,2-16,32-33H2,1H3/t2*28-/m11/s1. The molecule has 0 heterocycles. The highest BCUT2D eigenvalue weighted by molar-refractivity contribution is 5.90. The van der Waals surface area contributed by atoms with Gasteiger partial charge in [-0.1, -0.05) is 129 Å². The smallest absolute Gasteiger partial charge is 0.338 e. The number of nitro groups is 2. The lowest BCUT2D eigenvalue weighted by Gasteiger charge is -2.18. The van der Waals surface area contributed by atoms with Gasteiger partial charge in [-0.2, -0.15) is 0 Å². The molecule has 16 nitrogen and oxygen atoms in total. The van der Waals surface area contributed by atoms with E-state index in [0.717, 1.165) is 141 Å². The first-order chi connectivity index (χ1) is 37.8. The summed E-state index contributed by atoms with van der Waals surface area (Å²) in [5.41, 5.74) is 13.5. The van der Waals surface area contributed by atoms with Crippen molar-refractivity contribution in [2.24, 2.45) is 0 Å². The number of nitrogens with two attached hydrogens (primary N) is 2. The highest BCUT2D eigenvalue weighted by Crippen LogP contribution is 2.23. The summed E-state index contributed by atoms with van der Waals surface area (Å²) in [5.74, 6) is -0.356. The molecule has 2 atom stereocenters. The number of carbonyl (C=O) groups excluding carboxylic acids is 4. The molecule has 0 aliphatic rings. The Labute approximate surface area is 463 Å². The summed E-state index contributed by atoms with van der Waals surface area (Å²) in [6.45, 7) is 4.36. The van der Waals surface area contributed by atoms with E-state index in [2.05, 4.69) is 13.8 Å². The van der Waals surface area contributed by atoms with Crippen molar-refractivity contribution < 1.29 is 48.0 Å². The van der Waals surface area contributed by atoms with Crippen molar-refractivity contribution in [3.8, 4) is 11.5 Å². The second-order valence-electron chi connectivity index (χ2n) is 20.2. The van der Waals surface area contributed by atoms with Gasteiger partial charge in [-0.05, 0) is 137 Å². The largest absolute Gasteiger partial charge is 0.459 e. The molecule has 4 rings (SSSR count). The number of hydrogen-bond acceptors (Lipinski definition) is 14. The van der Waals surface area contributed by atoms with Crippen molar-refractivity contribution in [1.82, 2.24) is 0 Å². The number of nitro benzene ring substituents is 2. The second-order valence-corrected chi connectivity index (χ2v) is 20.2. The predicted molar refractivity (Wildman–Crippen MR) is 307 cm³/mol. The van der Waals surface area contributed by atoms with Crippen LogP contribution >= 0.6 is 0 Å². The first-order valence-electron chi connectivity index (χ1n) is 28.8. The zero-order chi connectivity index (χ0) is 56.6. The van der Waals surface area contributed by atoms with E-state index in [9.17, 15) is 39.4 Å². The Morgan fingerprint density at radius 3 is 1.00 bits per heavy atom. The van der Waals surface area contributed by atoms with Gasteiger partial charge in [0.1, 0.15) is 23.7 Å². The van der Waals surface area contributed by atoms with Crippen LogP contribution in [-0.4, -0.2) is 45.9 Å². The number of nitrogen functional groups attached to an aromatic ring is 2. The number of unbranched alkanes of at least 4 members (excludes halogenated alkanes) is 20. The van der Waals surface area contributed by atoms with Crippen molar-refractivity contribution >= 4 is 46.6 Å². The Kier molecular flexibility index (Phi) is 33.9. The lowest BCUT2D eigenvalue weighted by atomic mass is 10.0. The molecular formula is C62H88N4O12. The normalized spacial score (nSPS) is 11.6. The number of ether oxygens (including phenoxy) is 4. The highest BCUT2D eigenvalue weighted by atomic mass is 16.6. The van der Waals surface area contributed by atoms with E-state index in [0.29, 0.717) is 46.8 Å². The van der Waals surface area contributed by atoms with Crippen LogP contribution in [0.3, 0.4) is 0 Å². The van der Waals surface area contributed by atoms with Crippen LogP contribution in [0.4, 0.5) is 22.7 Å². The molecule has 0 aromatic heterocycles. The van der Waals surface area contributed by atoms with Gasteiger partial charge in [-0.15, -0.1) is 0 Å². The molecule has 0 saturated heterocycles. The van der Waals surface area contributed by atoms with Crippen molar-refractivity contribution in [2.45, 2.75) is 219 Å². The molecule has 16 heteroatoms. The lowest BCUT2D eigenvalue weighted by molar-refractivity contribution is -0.385. The van der Waals surface area contributed by atoms with Gasteiger partial charge in [0.25, 0.3) is 11.4 Å². The Morgan fingerprint density at radius 2 is 0.667 bits per heavy atom. The Balaban J connectivity index is 0.000000412. The van der Waals surface area contributed by atoms with Gasteiger partial charge in [0.2, 0.25) is 0 Å². The number of non-ortho nitro benzene ring substituents is 2. The molecule has 0 bridgehead atoms. The Hall–Kier alpha value is -6.84. The van der Waals surface area contributed by atoms with Gasteiger partial charge in [-0.3, -0.25) is 29.8 Å². The van der Waals surface area contributed by atoms with Crippen LogP contribution in [0, 0.1) is 20.2 Å². The van der Waals surface area contributed by atoms with Crippen LogP contribution in [0.25, 0.3) is 0 Å². The first-order valence-corrected chi connectivity index (χ1v) is 28.8. The molecule has 4 N–H and O–H groups in total. The number of carbonyl (C=O) groups is 4. The van der Waals surface area contributed by atoms with Gasteiger partial charge in [0.15, 0.2) is 0 Å². The quantitative estimate of drug-likeness (QED) is 0.0105. The fourth-order valence-corrected chi connectivity index (χ4v) is 8.84. The maximum absolute atomic E-state index is 12.6. The molecule has 0 spiro atoms. The molecule has 428 valence electrons. The zero-order valence-corrected chi connectivity index (χ0v) is 46.6. The van der Waals surface area contributed by atoms with Gasteiger partial charge in [0.05, 0.1) is 21.0 Å². The molecule has 78 heavy (non-hydrogen) atoms. The van der Waals surface area contributed by atoms with E-state index in [-0.39, 0.29) is 41.5 Å². The zero-order valence-electron chi connectivity index (χ0n) is 46.6. The average molecular weight is 1080 g/mol. The minimum atomic E-state index is -0.499. The third-order valence-electron chi connectivity index (χ3n) is 13.5. The molecule has 0 aliphatic carbocycles. The third-order valence-corrected chi connectivity index (χ3v) is 13.5. The highest BCUT2D eigenvalue weighted by Gasteiger charge is 2.19. The van der Waals surface area contributed by atoms with Crippen LogP contribution in [0.2, 0.25) is 0 Å². The minimum absolute atomic E-state index is 0.0186. The Bertz CT molecular complexity index is 2310. The molecule has 0 unspecified atom stereocenters. The van der Waals surface area contributed by atoms with E-state index in [1.54, 1.807) is 48.5 Å². The summed E-state index contributed by atoms with van der Waals surface area (Å²) >= 11 is 0. The third kappa shape index (κ3) is 30.2. The van der Waals surface area contributed by atoms with E-state index >= 15 is 0 Å². The van der Waals surface area contributed by atoms with Crippen LogP contribution in [0.5, 0.6) is 11.5 Å². The van der Waals surface area contributed by atoms with Gasteiger partial charge in [0, 0.05) is 48.5 Å². The lowest BCUT2D eigenvalue weighted by Crippen LogP contribution is -2.18. The summed E-state index contributed by atoms with van der Waals surface area (Å²) in [4.78, 5) is 69.6. The molecular weight excluding hydrogens is 993 g/mol. The van der Waals surface area contributed by atoms with Crippen LogP contribution in [0.15, 0.2) is 97.1 Å². The van der Waals surface area contributed by atoms with Crippen molar-refractivity contribution in [3.63, 3.8) is 0 Å². The summed E-state index contributed by atoms with van der Waals surface area (Å²) in [7, 11) is 0. The summed E-state index contributed by atoms with van der Waals surface area (Å²) < 4.78 is 22.2. The number of anilines is 2.